The number of halogens is 1. The van der Waals surface area contributed by atoms with Crippen molar-refractivity contribution in [3.8, 4) is 11.8 Å². The van der Waals surface area contributed by atoms with E-state index in [2.05, 4.69) is 5.32 Å². The average Bonchev–Trinajstić information content (AvgIpc) is 2.48. The molecule has 4 nitrogen and oxygen atoms in total. The smallest absolute Gasteiger partial charge is 0.266 e. The van der Waals surface area contributed by atoms with E-state index in [9.17, 15) is 9.90 Å². The number of nitriles is 1. The highest BCUT2D eigenvalue weighted by molar-refractivity contribution is 6.31. The molecule has 0 aromatic heterocycles. The molecule has 2 aromatic rings. The van der Waals surface area contributed by atoms with Crippen molar-refractivity contribution in [1.29, 1.82) is 5.26 Å². The summed E-state index contributed by atoms with van der Waals surface area (Å²) in [7, 11) is 0. The number of carbonyl (C=O) groups excluding carboxylic acids is 1. The van der Waals surface area contributed by atoms with E-state index in [4.69, 9.17) is 16.9 Å². The van der Waals surface area contributed by atoms with Crippen LogP contribution in [-0.4, -0.2) is 11.0 Å². The predicted octanol–water partition coefficient (Wildman–Crippen LogP) is 3.90. The molecule has 0 aliphatic rings. The molecule has 2 rings (SSSR count). The van der Waals surface area contributed by atoms with E-state index in [1.165, 1.54) is 18.2 Å². The molecule has 0 aliphatic heterocycles. The van der Waals surface area contributed by atoms with Crippen molar-refractivity contribution in [3.63, 3.8) is 0 Å². The van der Waals surface area contributed by atoms with Crippen molar-refractivity contribution in [2.45, 2.75) is 6.92 Å². The maximum Gasteiger partial charge on any atom is 0.266 e. The molecule has 0 spiro atoms. The highest BCUT2D eigenvalue weighted by atomic mass is 35.5. The predicted molar refractivity (Wildman–Crippen MR) is 86.5 cm³/mol. The van der Waals surface area contributed by atoms with Crippen LogP contribution in [0.15, 0.2) is 48.0 Å². The van der Waals surface area contributed by atoms with Gasteiger partial charge in [-0.1, -0.05) is 23.7 Å². The normalized spacial score (nSPS) is 10.9. The van der Waals surface area contributed by atoms with Gasteiger partial charge in [-0.05, 0) is 54.5 Å². The monoisotopic (exact) mass is 312 g/mol. The molecule has 22 heavy (non-hydrogen) atoms. The van der Waals surface area contributed by atoms with Crippen LogP contribution in [-0.2, 0) is 4.79 Å². The van der Waals surface area contributed by atoms with Crippen LogP contribution in [0.1, 0.15) is 11.1 Å². The Hall–Kier alpha value is -2.77. The van der Waals surface area contributed by atoms with Gasteiger partial charge in [0.15, 0.2) is 0 Å². The van der Waals surface area contributed by atoms with Crippen LogP contribution < -0.4 is 5.32 Å². The second-order valence-electron chi connectivity index (χ2n) is 4.68. The molecule has 110 valence electrons. The van der Waals surface area contributed by atoms with E-state index in [1.54, 1.807) is 30.3 Å². The number of nitrogens with zero attached hydrogens (tertiary/aromatic N) is 1. The molecular weight excluding hydrogens is 300 g/mol. The topological polar surface area (TPSA) is 73.1 Å². The van der Waals surface area contributed by atoms with Crippen LogP contribution in [0, 0.1) is 18.3 Å². The molecule has 2 aromatic carbocycles. The molecule has 0 aliphatic carbocycles. The molecular formula is C17H13ClN2O2. The van der Waals surface area contributed by atoms with Crippen LogP contribution in [0.2, 0.25) is 5.02 Å². The number of anilines is 1. The summed E-state index contributed by atoms with van der Waals surface area (Å²) < 4.78 is 0. The standard InChI is InChI=1S/C17H13ClN2O2/c1-11-7-14(5-6-16(11)18)20-17(22)13(10-19)8-12-3-2-4-15(21)9-12/h2-9,21H,1H3,(H,20,22)/b13-8+. The van der Waals surface area contributed by atoms with Gasteiger partial charge >= 0.3 is 0 Å². The van der Waals surface area contributed by atoms with Gasteiger partial charge in [-0.2, -0.15) is 5.26 Å². The van der Waals surface area contributed by atoms with Crippen LogP contribution in [0.25, 0.3) is 6.08 Å². The fourth-order valence-corrected chi connectivity index (χ4v) is 1.97. The van der Waals surface area contributed by atoms with Crippen molar-refractivity contribution in [1.82, 2.24) is 0 Å². The number of carbonyl (C=O) groups is 1. The average molecular weight is 313 g/mol. The number of nitrogens with one attached hydrogen (secondary N) is 1. The molecule has 5 heteroatoms. The van der Waals surface area contributed by atoms with E-state index in [-0.39, 0.29) is 11.3 Å². The first-order valence-electron chi connectivity index (χ1n) is 6.48. The Labute approximate surface area is 133 Å². The number of aromatic hydroxyl groups is 1. The number of phenols is 1. The zero-order chi connectivity index (χ0) is 16.1. The Bertz CT molecular complexity index is 791. The van der Waals surface area contributed by atoms with Gasteiger partial charge in [0.25, 0.3) is 5.91 Å². The van der Waals surface area contributed by atoms with Crippen LogP contribution in [0.3, 0.4) is 0 Å². The molecule has 2 N–H and O–H groups in total. The number of phenolic OH excluding ortho intramolecular Hbond substituents is 1. The molecule has 1 amide bonds. The lowest BCUT2D eigenvalue weighted by atomic mass is 10.1. The third-order valence-corrected chi connectivity index (χ3v) is 3.39. The number of amides is 1. The van der Waals surface area contributed by atoms with Gasteiger partial charge in [0.2, 0.25) is 0 Å². The van der Waals surface area contributed by atoms with Crippen LogP contribution in [0.4, 0.5) is 5.69 Å². The van der Waals surface area contributed by atoms with Gasteiger partial charge in [-0.3, -0.25) is 4.79 Å². The third kappa shape index (κ3) is 3.87. The van der Waals surface area contributed by atoms with Gasteiger partial charge in [0.05, 0.1) is 0 Å². The van der Waals surface area contributed by atoms with Crippen molar-refractivity contribution in [3.05, 3.63) is 64.2 Å². The number of hydrogen-bond acceptors (Lipinski definition) is 3. The second-order valence-corrected chi connectivity index (χ2v) is 5.09. The van der Waals surface area contributed by atoms with E-state index in [1.807, 2.05) is 13.0 Å². The summed E-state index contributed by atoms with van der Waals surface area (Å²) in [6.07, 6.45) is 1.41. The molecule has 0 bridgehead atoms. The SMILES string of the molecule is Cc1cc(NC(=O)/C(C#N)=C/c2cccc(O)c2)ccc1Cl. The Morgan fingerprint density at radius 3 is 2.73 bits per heavy atom. The van der Waals surface area contributed by atoms with Crippen molar-refractivity contribution in [2.75, 3.05) is 5.32 Å². The summed E-state index contributed by atoms with van der Waals surface area (Å²) in [6.45, 7) is 1.83. The van der Waals surface area contributed by atoms with Crippen molar-refractivity contribution < 1.29 is 9.90 Å². The van der Waals surface area contributed by atoms with Gasteiger partial charge in [0, 0.05) is 10.7 Å². The van der Waals surface area contributed by atoms with Gasteiger partial charge in [0.1, 0.15) is 17.4 Å². The lowest BCUT2D eigenvalue weighted by Gasteiger charge is -2.06. The fraction of sp³-hybridized carbons (Fsp3) is 0.0588. The summed E-state index contributed by atoms with van der Waals surface area (Å²) in [6, 6.07) is 13.2. The molecule has 0 fully saturated rings. The van der Waals surface area contributed by atoms with Crippen LogP contribution >= 0.6 is 11.6 Å². The van der Waals surface area contributed by atoms with E-state index in [0.29, 0.717) is 16.3 Å². The lowest BCUT2D eigenvalue weighted by molar-refractivity contribution is -0.112. The minimum Gasteiger partial charge on any atom is -0.508 e. The molecule has 0 saturated carbocycles. The van der Waals surface area contributed by atoms with Gasteiger partial charge < -0.3 is 10.4 Å². The maximum atomic E-state index is 12.1. The lowest BCUT2D eigenvalue weighted by Crippen LogP contribution is -2.13. The summed E-state index contributed by atoms with van der Waals surface area (Å²) in [5, 5.41) is 21.8. The van der Waals surface area contributed by atoms with Crippen molar-refractivity contribution >= 4 is 29.3 Å². The Morgan fingerprint density at radius 1 is 1.32 bits per heavy atom. The Morgan fingerprint density at radius 2 is 2.09 bits per heavy atom. The molecule has 0 heterocycles. The minimum atomic E-state index is -0.521. The summed E-state index contributed by atoms with van der Waals surface area (Å²) in [4.78, 5) is 12.1. The summed E-state index contributed by atoms with van der Waals surface area (Å²) in [5.74, 6) is -0.452. The highest BCUT2D eigenvalue weighted by Gasteiger charge is 2.10. The second kappa shape index (κ2) is 6.79. The minimum absolute atomic E-state index is 0.0572. The Balaban J connectivity index is 2.22. The zero-order valence-corrected chi connectivity index (χ0v) is 12.6. The zero-order valence-electron chi connectivity index (χ0n) is 11.8. The largest absolute Gasteiger partial charge is 0.508 e. The van der Waals surface area contributed by atoms with Crippen molar-refractivity contribution in [2.24, 2.45) is 0 Å². The Kier molecular flexibility index (Phi) is 4.82. The summed E-state index contributed by atoms with van der Waals surface area (Å²) >= 11 is 5.93. The molecule has 0 radical (unpaired) electrons. The number of rotatable bonds is 3. The fourth-order valence-electron chi connectivity index (χ4n) is 1.85. The molecule has 0 saturated heterocycles. The van der Waals surface area contributed by atoms with E-state index >= 15 is 0 Å². The third-order valence-electron chi connectivity index (χ3n) is 2.96. The molecule has 0 unspecified atom stereocenters. The first-order valence-corrected chi connectivity index (χ1v) is 6.86. The first-order chi connectivity index (χ1) is 10.5. The van der Waals surface area contributed by atoms with Gasteiger partial charge in [-0.15, -0.1) is 0 Å². The highest BCUT2D eigenvalue weighted by Crippen LogP contribution is 2.20. The number of hydrogen-bond donors (Lipinski definition) is 2. The maximum absolute atomic E-state index is 12.1. The molecule has 0 atom stereocenters. The van der Waals surface area contributed by atoms with E-state index in [0.717, 1.165) is 5.56 Å². The van der Waals surface area contributed by atoms with Gasteiger partial charge in [-0.25, -0.2) is 0 Å². The number of benzene rings is 2. The summed E-state index contributed by atoms with van der Waals surface area (Å²) in [5.41, 5.74) is 1.90. The van der Waals surface area contributed by atoms with Crippen LogP contribution in [0.5, 0.6) is 5.75 Å². The quantitative estimate of drug-likeness (QED) is 0.667. The van der Waals surface area contributed by atoms with E-state index < -0.39 is 5.91 Å². The first kappa shape index (κ1) is 15.6. The number of aryl methyl sites for hydroxylation is 1.